The van der Waals surface area contributed by atoms with E-state index in [-0.39, 0.29) is 0 Å². The molecule has 4 heteroatoms. The number of rotatable bonds is 5. The molecule has 20 heavy (non-hydrogen) atoms. The van der Waals surface area contributed by atoms with Crippen molar-refractivity contribution in [3.63, 3.8) is 0 Å². The number of hydrogen-bond acceptors (Lipinski definition) is 2. The van der Waals surface area contributed by atoms with E-state index in [0.29, 0.717) is 18.7 Å². The Morgan fingerprint density at radius 2 is 1.75 bits per heavy atom. The van der Waals surface area contributed by atoms with Crippen molar-refractivity contribution in [1.29, 1.82) is 0 Å². The van der Waals surface area contributed by atoms with Crippen LogP contribution in [-0.4, -0.2) is 23.6 Å². The second kappa shape index (κ2) is 6.59. The molecular weight excluding hydrogens is 260 g/mol. The van der Waals surface area contributed by atoms with Gasteiger partial charge in [0.15, 0.2) is 11.6 Å². The lowest BCUT2D eigenvalue weighted by Gasteiger charge is -2.21. The van der Waals surface area contributed by atoms with E-state index in [0.717, 1.165) is 17.7 Å². The minimum Gasteiger partial charge on any atom is -0.387 e. The summed E-state index contributed by atoms with van der Waals surface area (Å²) in [5.74, 6) is -1.84. The second-order valence-corrected chi connectivity index (χ2v) is 4.87. The third-order valence-corrected chi connectivity index (χ3v) is 3.11. The zero-order valence-corrected chi connectivity index (χ0v) is 11.3. The van der Waals surface area contributed by atoms with E-state index < -0.39 is 17.7 Å². The van der Waals surface area contributed by atoms with Crippen LogP contribution in [0.3, 0.4) is 0 Å². The Morgan fingerprint density at radius 3 is 2.40 bits per heavy atom. The third kappa shape index (κ3) is 3.85. The van der Waals surface area contributed by atoms with Gasteiger partial charge in [-0.1, -0.05) is 36.4 Å². The highest BCUT2D eigenvalue weighted by Gasteiger charge is 2.13. The molecule has 2 nitrogen and oxygen atoms in total. The van der Waals surface area contributed by atoms with Crippen LogP contribution in [0.25, 0.3) is 0 Å². The highest BCUT2D eigenvalue weighted by atomic mass is 19.2. The van der Waals surface area contributed by atoms with Gasteiger partial charge in [0, 0.05) is 13.1 Å². The maximum absolute atomic E-state index is 13.1. The summed E-state index contributed by atoms with van der Waals surface area (Å²) in [4.78, 5) is 1.93. The quantitative estimate of drug-likeness (QED) is 0.907. The fraction of sp³-hybridized carbons (Fsp3) is 0.250. The molecule has 2 aromatic carbocycles. The molecule has 0 radical (unpaired) electrons. The first-order chi connectivity index (χ1) is 9.56. The smallest absolute Gasteiger partial charge is 0.159 e. The zero-order valence-electron chi connectivity index (χ0n) is 11.3. The Morgan fingerprint density at radius 1 is 1.05 bits per heavy atom. The van der Waals surface area contributed by atoms with E-state index in [2.05, 4.69) is 0 Å². The first kappa shape index (κ1) is 14.6. The Kier molecular flexibility index (Phi) is 4.82. The average Bonchev–Trinajstić information content (AvgIpc) is 2.42. The number of nitrogens with zero attached hydrogens (tertiary/aromatic N) is 1. The zero-order chi connectivity index (χ0) is 14.5. The molecule has 1 atom stereocenters. The first-order valence-electron chi connectivity index (χ1n) is 6.42. The van der Waals surface area contributed by atoms with Crippen molar-refractivity contribution in [2.75, 3.05) is 13.6 Å². The Bertz CT molecular complexity index is 560. The van der Waals surface area contributed by atoms with E-state index in [1.807, 2.05) is 42.3 Å². The molecule has 0 aromatic heterocycles. The van der Waals surface area contributed by atoms with E-state index in [4.69, 9.17) is 0 Å². The van der Waals surface area contributed by atoms with E-state index in [1.165, 1.54) is 6.07 Å². The van der Waals surface area contributed by atoms with Crippen molar-refractivity contribution in [2.45, 2.75) is 12.6 Å². The van der Waals surface area contributed by atoms with Gasteiger partial charge in [-0.05, 0) is 30.3 Å². The van der Waals surface area contributed by atoms with Crippen LogP contribution in [0.2, 0.25) is 0 Å². The van der Waals surface area contributed by atoms with Crippen molar-refractivity contribution in [2.24, 2.45) is 0 Å². The minimum atomic E-state index is -0.938. The Balaban J connectivity index is 1.96. The fourth-order valence-corrected chi connectivity index (χ4v) is 2.08. The molecule has 2 rings (SSSR count). The maximum Gasteiger partial charge on any atom is 0.159 e. The molecule has 0 heterocycles. The van der Waals surface area contributed by atoms with Crippen LogP contribution in [0, 0.1) is 11.6 Å². The molecule has 0 amide bonds. The monoisotopic (exact) mass is 277 g/mol. The van der Waals surface area contributed by atoms with Gasteiger partial charge in [0.05, 0.1) is 6.10 Å². The summed E-state index contributed by atoms with van der Waals surface area (Å²) in [5, 5.41) is 10.1. The van der Waals surface area contributed by atoms with Gasteiger partial charge in [-0.15, -0.1) is 0 Å². The summed E-state index contributed by atoms with van der Waals surface area (Å²) in [5.41, 5.74) is 1.51. The van der Waals surface area contributed by atoms with Gasteiger partial charge >= 0.3 is 0 Å². The summed E-state index contributed by atoms with van der Waals surface area (Å²) < 4.78 is 26.0. The molecular formula is C16H17F2NO. The SMILES string of the molecule is CN(Cc1ccccc1)C[C@@H](O)c1ccc(F)c(F)c1. The van der Waals surface area contributed by atoms with Gasteiger partial charge in [-0.2, -0.15) is 0 Å². The first-order valence-corrected chi connectivity index (χ1v) is 6.42. The maximum atomic E-state index is 13.1. The van der Waals surface area contributed by atoms with Crippen LogP contribution in [0.15, 0.2) is 48.5 Å². The normalized spacial score (nSPS) is 12.7. The van der Waals surface area contributed by atoms with E-state index >= 15 is 0 Å². The van der Waals surface area contributed by atoms with Gasteiger partial charge in [0.2, 0.25) is 0 Å². The fourth-order valence-electron chi connectivity index (χ4n) is 2.08. The summed E-state index contributed by atoms with van der Waals surface area (Å²) in [7, 11) is 1.87. The molecule has 106 valence electrons. The average molecular weight is 277 g/mol. The van der Waals surface area contributed by atoms with Crippen LogP contribution < -0.4 is 0 Å². The van der Waals surface area contributed by atoms with Crippen molar-refractivity contribution in [3.8, 4) is 0 Å². The van der Waals surface area contributed by atoms with Gasteiger partial charge in [-0.3, -0.25) is 4.90 Å². The van der Waals surface area contributed by atoms with Gasteiger partial charge in [0.1, 0.15) is 0 Å². The standard InChI is InChI=1S/C16H17F2NO/c1-19(10-12-5-3-2-4-6-12)11-16(20)13-7-8-14(17)15(18)9-13/h2-9,16,20H,10-11H2,1H3/t16-/m1/s1. The molecule has 0 saturated carbocycles. The van der Waals surface area contributed by atoms with Crippen molar-refractivity contribution in [3.05, 3.63) is 71.3 Å². The van der Waals surface area contributed by atoms with Crippen LogP contribution in [0.1, 0.15) is 17.2 Å². The third-order valence-electron chi connectivity index (χ3n) is 3.11. The van der Waals surface area contributed by atoms with Crippen LogP contribution in [0.5, 0.6) is 0 Å². The van der Waals surface area contributed by atoms with Gasteiger partial charge < -0.3 is 5.11 Å². The lowest BCUT2D eigenvalue weighted by molar-refractivity contribution is 0.123. The Labute approximate surface area is 117 Å². The summed E-state index contributed by atoms with van der Waals surface area (Å²) in [6.07, 6.45) is -0.848. The number of hydrogen-bond donors (Lipinski definition) is 1. The summed E-state index contributed by atoms with van der Waals surface area (Å²) in [6.45, 7) is 1.03. The van der Waals surface area contributed by atoms with Crippen molar-refractivity contribution < 1.29 is 13.9 Å². The molecule has 0 fully saturated rings. The molecule has 1 N–H and O–H groups in total. The molecule has 0 aliphatic carbocycles. The van der Waals surface area contributed by atoms with E-state index in [9.17, 15) is 13.9 Å². The molecule has 2 aromatic rings. The van der Waals surface area contributed by atoms with Crippen molar-refractivity contribution in [1.82, 2.24) is 4.90 Å². The lowest BCUT2D eigenvalue weighted by atomic mass is 10.1. The molecule has 0 spiro atoms. The van der Waals surface area contributed by atoms with E-state index in [1.54, 1.807) is 0 Å². The molecule has 0 aliphatic heterocycles. The topological polar surface area (TPSA) is 23.5 Å². The largest absolute Gasteiger partial charge is 0.387 e. The number of benzene rings is 2. The molecule has 0 saturated heterocycles. The van der Waals surface area contributed by atoms with Crippen LogP contribution in [-0.2, 0) is 6.54 Å². The molecule has 0 aliphatic rings. The minimum absolute atomic E-state index is 0.347. The van der Waals surface area contributed by atoms with Gasteiger partial charge in [0.25, 0.3) is 0 Å². The van der Waals surface area contributed by atoms with Crippen molar-refractivity contribution >= 4 is 0 Å². The highest BCUT2D eigenvalue weighted by Crippen LogP contribution is 2.17. The number of likely N-dealkylation sites (N-methyl/N-ethyl adjacent to an activating group) is 1. The predicted molar refractivity (Wildman–Crippen MR) is 74.1 cm³/mol. The lowest BCUT2D eigenvalue weighted by Crippen LogP contribution is -2.24. The summed E-state index contributed by atoms with van der Waals surface area (Å²) >= 11 is 0. The predicted octanol–water partition coefficient (Wildman–Crippen LogP) is 3.13. The van der Waals surface area contributed by atoms with Crippen LogP contribution >= 0.6 is 0 Å². The highest BCUT2D eigenvalue weighted by molar-refractivity contribution is 5.20. The second-order valence-electron chi connectivity index (χ2n) is 4.87. The molecule has 0 bridgehead atoms. The number of aliphatic hydroxyl groups excluding tert-OH is 1. The summed E-state index contributed by atoms with van der Waals surface area (Å²) in [6, 6.07) is 13.3. The number of aliphatic hydroxyl groups is 1. The number of halogens is 2. The van der Waals surface area contributed by atoms with Crippen LogP contribution in [0.4, 0.5) is 8.78 Å². The Hall–Kier alpha value is -1.78. The van der Waals surface area contributed by atoms with Gasteiger partial charge in [-0.25, -0.2) is 8.78 Å². The molecule has 0 unspecified atom stereocenters.